The molecule has 0 unspecified atom stereocenters. The van der Waals surface area contributed by atoms with Gasteiger partial charge >= 0.3 is 0 Å². The summed E-state index contributed by atoms with van der Waals surface area (Å²) in [7, 11) is 0. The van der Waals surface area contributed by atoms with Crippen LogP contribution in [0.5, 0.6) is 0 Å². The zero-order chi connectivity index (χ0) is 18.0. The van der Waals surface area contributed by atoms with Crippen LogP contribution in [-0.2, 0) is 20.8 Å². The number of aliphatic imine (C=N–C) groups is 2. The van der Waals surface area contributed by atoms with E-state index in [9.17, 15) is 0 Å². The Morgan fingerprint density at radius 2 is 1.19 bits per heavy atom. The van der Waals surface area contributed by atoms with Crippen molar-refractivity contribution >= 4 is 12.0 Å². The molecule has 2 N–H and O–H groups in total. The van der Waals surface area contributed by atoms with E-state index in [1.807, 2.05) is 74.5 Å². The van der Waals surface area contributed by atoms with Crippen LogP contribution in [0.15, 0.2) is 70.6 Å². The highest BCUT2D eigenvalue weighted by Crippen LogP contribution is 2.49. The summed E-state index contributed by atoms with van der Waals surface area (Å²) in [5.41, 5.74) is 0.184. The zero-order valence-corrected chi connectivity index (χ0v) is 14.9. The van der Waals surface area contributed by atoms with Gasteiger partial charge in [0.2, 0.25) is 5.66 Å². The Hall–Kier alpha value is -3.02. The first-order chi connectivity index (χ1) is 12.7. The van der Waals surface area contributed by atoms with Crippen molar-refractivity contribution in [3.05, 3.63) is 71.8 Å². The maximum atomic E-state index is 5.72. The van der Waals surface area contributed by atoms with Gasteiger partial charge in [-0.05, 0) is 13.8 Å². The molecule has 134 valence electrons. The lowest BCUT2D eigenvalue weighted by molar-refractivity contribution is 0.219. The molecule has 6 nitrogen and oxygen atoms in total. The molecule has 2 aromatic rings. The molecule has 6 heteroatoms. The summed E-state index contributed by atoms with van der Waals surface area (Å²) >= 11 is 0. The van der Waals surface area contributed by atoms with Crippen LogP contribution in [0, 0.1) is 0 Å². The first-order valence-electron chi connectivity index (χ1n) is 8.87. The average molecular weight is 350 g/mol. The summed E-state index contributed by atoms with van der Waals surface area (Å²) in [6.07, 6.45) is 0. The van der Waals surface area contributed by atoms with E-state index < -0.39 is 11.3 Å². The van der Waals surface area contributed by atoms with Crippen molar-refractivity contribution in [2.24, 2.45) is 9.98 Å². The first-order valence-corrected chi connectivity index (χ1v) is 8.87. The molecule has 0 aromatic heterocycles. The molecular weight excluding hydrogens is 328 g/mol. The SMILES string of the molecule is CCOC1=NC2(c3ccccc3)N=C(OCC)NC2(c2ccccc2)N1. The van der Waals surface area contributed by atoms with E-state index in [1.54, 1.807) is 0 Å². The fraction of sp³-hybridized carbons (Fsp3) is 0.300. The number of amidine groups is 2. The molecule has 0 spiro atoms. The van der Waals surface area contributed by atoms with Crippen LogP contribution < -0.4 is 10.6 Å². The second-order valence-electron chi connectivity index (χ2n) is 6.10. The Morgan fingerprint density at radius 3 is 1.65 bits per heavy atom. The number of hydrogen-bond donors (Lipinski definition) is 2. The molecule has 0 radical (unpaired) electrons. The zero-order valence-electron chi connectivity index (χ0n) is 14.9. The molecule has 0 saturated carbocycles. The number of hydrogen-bond acceptors (Lipinski definition) is 6. The van der Waals surface area contributed by atoms with Gasteiger partial charge in [-0.25, -0.2) is 0 Å². The van der Waals surface area contributed by atoms with E-state index >= 15 is 0 Å². The lowest BCUT2D eigenvalue weighted by Gasteiger charge is -2.36. The Bertz CT molecular complexity index is 807. The highest BCUT2D eigenvalue weighted by molar-refractivity contribution is 5.86. The number of benzene rings is 2. The third kappa shape index (κ3) is 2.33. The van der Waals surface area contributed by atoms with E-state index in [1.165, 1.54) is 0 Å². The van der Waals surface area contributed by atoms with Gasteiger partial charge in [0.15, 0.2) is 5.66 Å². The van der Waals surface area contributed by atoms with Gasteiger partial charge in [-0.2, -0.15) is 9.98 Å². The molecule has 2 aliphatic rings. The van der Waals surface area contributed by atoms with Gasteiger partial charge < -0.3 is 20.1 Å². The van der Waals surface area contributed by atoms with E-state index in [0.717, 1.165) is 11.1 Å². The van der Waals surface area contributed by atoms with Crippen LogP contribution in [0.4, 0.5) is 0 Å². The maximum Gasteiger partial charge on any atom is 0.289 e. The second-order valence-corrected chi connectivity index (χ2v) is 6.10. The number of ether oxygens (including phenoxy) is 2. The van der Waals surface area contributed by atoms with Crippen molar-refractivity contribution in [2.75, 3.05) is 13.2 Å². The lowest BCUT2D eigenvalue weighted by Crippen LogP contribution is -2.59. The maximum absolute atomic E-state index is 5.72. The van der Waals surface area contributed by atoms with Gasteiger partial charge in [-0.15, -0.1) is 0 Å². The minimum atomic E-state index is -0.954. The van der Waals surface area contributed by atoms with E-state index in [4.69, 9.17) is 19.5 Å². The number of fused-ring (bicyclic) bond motifs is 1. The molecule has 0 bridgehead atoms. The van der Waals surface area contributed by atoms with E-state index in [0.29, 0.717) is 25.3 Å². The van der Waals surface area contributed by atoms with Crippen LogP contribution in [0.2, 0.25) is 0 Å². The van der Waals surface area contributed by atoms with Crippen molar-refractivity contribution in [3.8, 4) is 0 Å². The predicted octanol–water partition coefficient (Wildman–Crippen LogP) is 2.68. The summed E-state index contributed by atoms with van der Waals surface area (Å²) in [5, 5.41) is 6.87. The summed E-state index contributed by atoms with van der Waals surface area (Å²) in [6, 6.07) is 21.0. The lowest BCUT2D eigenvalue weighted by atomic mass is 9.83. The number of rotatable bonds is 4. The van der Waals surface area contributed by atoms with Crippen LogP contribution in [0.1, 0.15) is 25.0 Å². The third-order valence-electron chi connectivity index (χ3n) is 4.58. The van der Waals surface area contributed by atoms with Gasteiger partial charge in [0.1, 0.15) is 0 Å². The highest BCUT2D eigenvalue weighted by Gasteiger charge is 2.64. The number of nitrogens with one attached hydrogen (secondary N) is 2. The molecule has 2 aromatic carbocycles. The molecule has 0 atom stereocenters. The van der Waals surface area contributed by atoms with Crippen molar-refractivity contribution in [1.82, 2.24) is 10.6 Å². The Morgan fingerprint density at radius 1 is 0.731 bits per heavy atom. The second kappa shape index (κ2) is 6.37. The summed E-state index contributed by atoms with van der Waals surface area (Å²) in [6.45, 7) is 4.91. The Balaban J connectivity index is 1.94. The minimum Gasteiger partial charge on any atom is -0.465 e. The van der Waals surface area contributed by atoms with E-state index in [2.05, 4.69) is 10.6 Å². The third-order valence-corrected chi connectivity index (χ3v) is 4.58. The molecule has 0 fully saturated rings. The number of nitrogens with zero attached hydrogens (tertiary/aromatic N) is 2. The molecular formula is C20H22N4O2. The van der Waals surface area contributed by atoms with Crippen LogP contribution in [-0.4, -0.2) is 25.3 Å². The molecule has 2 heterocycles. The molecule has 4 rings (SSSR count). The normalized spacial score (nSPS) is 26.2. The fourth-order valence-electron chi connectivity index (χ4n) is 3.53. The van der Waals surface area contributed by atoms with Gasteiger partial charge in [0, 0.05) is 11.1 Å². The largest absolute Gasteiger partial charge is 0.465 e. The van der Waals surface area contributed by atoms with Crippen molar-refractivity contribution in [3.63, 3.8) is 0 Å². The van der Waals surface area contributed by atoms with Crippen molar-refractivity contribution in [2.45, 2.75) is 25.2 Å². The van der Waals surface area contributed by atoms with Gasteiger partial charge in [0.05, 0.1) is 13.2 Å². The van der Waals surface area contributed by atoms with Crippen molar-refractivity contribution < 1.29 is 9.47 Å². The smallest absolute Gasteiger partial charge is 0.289 e. The first kappa shape index (κ1) is 16.4. The quantitative estimate of drug-likeness (QED) is 0.890. The molecule has 0 aliphatic carbocycles. The highest BCUT2D eigenvalue weighted by atomic mass is 16.5. The predicted molar refractivity (Wildman–Crippen MR) is 101 cm³/mol. The van der Waals surface area contributed by atoms with Gasteiger partial charge in [-0.3, -0.25) is 0 Å². The molecule has 26 heavy (non-hydrogen) atoms. The average Bonchev–Trinajstić information content (AvgIpc) is 3.14. The fourth-order valence-corrected chi connectivity index (χ4v) is 3.53. The van der Waals surface area contributed by atoms with Crippen LogP contribution in [0.3, 0.4) is 0 Å². The van der Waals surface area contributed by atoms with Crippen molar-refractivity contribution in [1.29, 1.82) is 0 Å². The summed E-state index contributed by atoms with van der Waals surface area (Å²) in [5.74, 6) is 0. The Labute approximate surface area is 153 Å². The monoisotopic (exact) mass is 350 g/mol. The Kier molecular flexibility index (Phi) is 4.03. The van der Waals surface area contributed by atoms with Gasteiger partial charge in [0.25, 0.3) is 12.0 Å². The molecule has 2 aliphatic heterocycles. The van der Waals surface area contributed by atoms with Crippen LogP contribution in [0.25, 0.3) is 0 Å². The van der Waals surface area contributed by atoms with Gasteiger partial charge in [-0.1, -0.05) is 60.7 Å². The summed E-state index contributed by atoms with van der Waals surface area (Å²) < 4.78 is 11.4. The standard InChI is InChI=1S/C20H22N4O2/c1-3-25-17-21-19(15-11-7-5-8-12-15)20(22-17,16-13-9-6-10-14-16)24-18(23-19)26-4-2/h5-14H,3-4H2,1-2H3,(H,21,22)(H,23,24). The molecule has 0 saturated heterocycles. The van der Waals surface area contributed by atoms with Crippen LogP contribution >= 0.6 is 0 Å². The van der Waals surface area contributed by atoms with E-state index in [-0.39, 0.29) is 0 Å². The summed E-state index contributed by atoms with van der Waals surface area (Å²) in [4.78, 5) is 9.75. The topological polar surface area (TPSA) is 67.2 Å². The molecule has 0 amide bonds. The minimum absolute atomic E-state index is 0.465.